The van der Waals surface area contributed by atoms with Crippen molar-refractivity contribution in [2.24, 2.45) is 5.73 Å². The summed E-state index contributed by atoms with van der Waals surface area (Å²) in [5.74, 6) is -0.122. The zero-order valence-electron chi connectivity index (χ0n) is 8.58. The van der Waals surface area contributed by atoms with Crippen molar-refractivity contribution in [1.82, 2.24) is 10.3 Å². The number of rotatable bonds is 3. The van der Waals surface area contributed by atoms with Crippen molar-refractivity contribution in [3.8, 4) is 0 Å². The highest BCUT2D eigenvalue weighted by molar-refractivity contribution is 7.11. The number of carbonyl (C=O) groups excluding carboxylic acids is 1. The molecule has 1 amide bonds. The number of nitrogens with zero attached hydrogens (tertiary/aromatic N) is 1. The van der Waals surface area contributed by atoms with Crippen LogP contribution in [0.5, 0.6) is 0 Å². The summed E-state index contributed by atoms with van der Waals surface area (Å²) in [5, 5.41) is 3.75. The van der Waals surface area contributed by atoms with E-state index in [0.29, 0.717) is 6.54 Å². The molecule has 0 atom stereocenters. The van der Waals surface area contributed by atoms with E-state index in [2.05, 4.69) is 10.3 Å². The highest BCUT2D eigenvalue weighted by atomic mass is 32.1. The van der Waals surface area contributed by atoms with E-state index in [1.165, 1.54) is 23.4 Å². The van der Waals surface area contributed by atoms with Crippen LogP contribution in [0.1, 0.15) is 28.4 Å². The number of amides is 1. The van der Waals surface area contributed by atoms with Crippen molar-refractivity contribution in [1.29, 1.82) is 0 Å². The van der Waals surface area contributed by atoms with Gasteiger partial charge in [-0.25, -0.2) is 4.98 Å². The summed E-state index contributed by atoms with van der Waals surface area (Å²) < 4.78 is 0. The molecule has 82 valence electrons. The van der Waals surface area contributed by atoms with Crippen LogP contribution in [0.15, 0.2) is 0 Å². The predicted molar refractivity (Wildman–Crippen MR) is 59.7 cm³/mol. The minimum absolute atomic E-state index is 0.0467. The van der Waals surface area contributed by atoms with Gasteiger partial charge in [0.2, 0.25) is 5.91 Å². The standard InChI is InChI=1S/C10H15N3OS/c11-5-9(14)12-6-10-13-7-3-1-2-4-8(7)15-10/h1-6,11H2,(H,12,14). The average Bonchev–Trinajstić information content (AvgIpc) is 2.68. The lowest BCUT2D eigenvalue weighted by Crippen LogP contribution is -2.29. The molecule has 15 heavy (non-hydrogen) atoms. The van der Waals surface area contributed by atoms with Gasteiger partial charge in [-0.15, -0.1) is 11.3 Å². The number of hydrogen-bond donors (Lipinski definition) is 2. The van der Waals surface area contributed by atoms with E-state index in [-0.39, 0.29) is 12.5 Å². The lowest BCUT2D eigenvalue weighted by atomic mass is 10.0. The molecule has 3 N–H and O–H groups in total. The summed E-state index contributed by atoms with van der Waals surface area (Å²) in [6, 6.07) is 0. The van der Waals surface area contributed by atoms with Gasteiger partial charge in [0.05, 0.1) is 18.8 Å². The molecule has 1 aromatic rings. The lowest BCUT2D eigenvalue weighted by Gasteiger charge is -2.06. The molecule has 4 nitrogen and oxygen atoms in total. The van der Waals surface area contributed by atoms with Gasteiger partial charge in [-0.3, -0.25) is 4.79 Å². The lowest BCUT2D eigenvalue weighted by molar-refractivity contribution is -0.119. The second kappa shape index (κ2) is 4.72. The predicted octanol–water partition coefficient (Wildman–Crippen LogP) is 0.597. The Morgan fingerprint density at radius 3 is 3.00 bits per heavy atom. The second-order valence-corrected chi connectivity index (χ2v) is 4.83. The molecule has 0 aromatic carbocycles. The summed E-state index contributed by atoms with van der Waals surface area (Å²) in [7, 11) is 0. The van der Waals surface area contributed by atoms with Crippen LogP contribution in [-0.2, 0) is 24.2 Å². The largest absolute Gasteiger partial charge is 0.348 e. The maximum Gasteiger partial charge on any atom is 0.234 e. The average molecular weight is 225 g/mol. The molecule has 1 aromatic heterocycles. The van der Waals surface area contributed by atoms with Crippen LogP contribution in [0, 0.1) is 0 Å². The van der Waals surface area contributed by atoms with E-state index in [0.717, 1.165) is 17.8 Å². The van der Waals surface area contributed by atoms with Crippen LogP contribution >= 0.6 is 11.3 Å². The first kappa shape index (κ1) is 10.6. The molecule has 1 heterocycles. The van der Waals surface area contributed by atoms with Crippen LogP contribution in [0.2, 0.25) is 0 Å². The maximum absolute atomic E-state index is 11.0. The Morgan fingerprint density at radius 2 is 2.27 bits per heavy atom. The molecule has 0 bridgehead atoms. The third kappa shape index (κ3) is 2.54. The van der Waals surface area contributed by atoms with Crippen molar-refractivity contribution in [3.63, 3.8) is 0 Å². The summed E-state index contributed by atoms with van der Waals surface area (Å²) >= 11 is 1.72. The molecule has 0 spiro atoms. The molecular weight excluding hydrogens is 210 g/mol. The topological polar surface area (TPSA) is 68.0 Å². The molecule has 0 radical (unpaired) electrons. The van der Waals surface area contributed by atoms with Crippen LogP contribution in [0.4, 0.5) is 0 Å². The van der Waals surface area contributed by atoms with Gasteiger partial charge >= 0.3 is 0 Å². The molecule has 5 heteroatoms. The Labute approximate surface area is 92.9 Å². The van der Waals surface area contributed by atoms with Crippen molar-refractivity contribution in [3.05, 3.63) is 15.6 Å². The molecular formula is C10H15N3OS. The Balaban J connectivity index is 1.97. The SMILES string of the molecule is NCC(=O)NCc1nc2c(s1)CCCC2. The number of aromatic nitrogens is 1. The first-order valence-corrected chi connectivity index (χ1v) is 6.05. The number of nitrogens with two attached hydrogens (primary N) is 1. The fourth-order valence-corrected chi connectivity index (χ4v) is 2.82. The van der Waals surface area contributed by atoms with Crippen molar-refractivity contribution < 1.29 is 4.79 Å². The molecule has 1 aliphatic rings. The van der Waals surface area contributed by atoms with Gasteiger partial charge in [-0.1, -0.05) is 0 Å². The Hall–Kier alpha value is -0.940. The molecule has 1 aliphatic carbocycles. The quantitative estimate of drug-likeness (QED) is 0.791. The van der Waals surface area contributed by atoms with E-state index in [4.69, 9.17) is 5.73 Å². The van der Waals surface area contributed by atoms with Crippen molar-refractivity contribution >= 4 is 17.2 Å². The first-order chi connectivity index (χ1) is 7.29. The van der Waals surface area contributed by atoms with Crippen LogP contribution in [-0.4, -0.2) is 17.4 Å². The minimum Gasteiger partial charge on any atom is -0.348 e. The van der Waals surface area contributed by atoms with Crippen LogP contribution < -0.4 is 11.1 Å². The fourth-order valence-electron chi connectivity index (χ4n) is 1.73. The van der Waals surface area contributed by atoms with Gasteiger partial charge in [0.1, 0.15) is 5.01 Å². The highest BCUT2D eigenvalue weighted by Gasteiger charge is 2.14. The van der Waals surface area contributed by atoms with E-state index < -0.39 is 0 Å². The van der Waals surface area contributed by atoms with Gasteiger partial charge in [-0.2, -0.15) is 0 Å². The summed E-state index contributed by atoms with van der Waals surface area (Å²) in [6.45, 7) is 0.568. The number of nitrogens with one attached hydrogen (secondary N) is 1. The number of hydrogen-bond acceptors (Lipinski definition) is 4. The van der Waals surface area contributed by atoms with Gasteiger partial charge in [-0.05, 0) is 25.7 Å². The molecule has 0 aliphatic heterocycles. The summed E-state index contributed by atoms with van der Waals surface area (Å²) in [6.07, 6.45) is 4.75. The Bertz CT molecular complexity index is 338. The van der Waals surface area contributed by atoms with Gasteiger partial charge in [0.25, 0.3) is 0 Å². The number of aryl methyl sites for hydroxylation is 2. The monoisotopic (exact) mass is 225 g/mol. The minimum atomic E-state index is -0.122. The summed E-state index contributed by atoms with van der Waals surface area (Å²) in [4.78, 5) is 16.9. The first-order valence-electron chi connectivity index (χ1n) is 5.24. The molecule has 0 fully saturated rings. The molecule has 0 saturated carbocycles. The van der Waals surface area contributed by atoms with Gasteiger partial charge in [0.15, 0.2) is 0 Å². The molecule has 0 saturated heterocycles. The maximum atomic E-state index is 11.0. The zero-order valence-corrected chi connectivity index (χ0v) is 9.40. The van der Waals surface area contributed by atoms with Crippen molar-refractivity contribution in [2.45, 2.75) is 32.2 Å². The van der Waals surface area contributed by atoms with Crippen LogP contribution in [0.3, 0.4) is 0 Å². The number of carbonyl (C=O) groups is 1. The third-order valence-corrected chi connectivity index (χ3v) is 3.67. The van der Waals surface area contributed by atoms with Crippen molar-refractivity contribution in [2.75, 3.05) is 6.54 Å². The zero-order chi connectivity index (χ0) is 10.7. The Kier molecular flexibility index (Phi) is 3.33. The smallest absolute Gasteiger partial charge is 0.234 e. The fraction of sp³-hybridized carbons (Fsp3) is 0.600. The second-order valence-electron chi connectivity index (χ2n) is 3.67. The van der Waals surface area contributed by atoms with E-state index in [1.807, 2.05) is 0 Å². The van der Waals surface area contributed by atoms with Gasteiger partial charge < -0.3 is 11.1 Å². The van der Waals surface area contributed by atoms with Crippen LogP contribution in [0.25, 0.3) is 0 Å². The number of thiazole rings is 1. The highest BCUT2D eigenvalue weighted by Crippen LogP contribution is 2.26. The Morgan fingerprint density at radius 1 is 1.47 bits per heavy atom. The van der Waals surface area contributed by atoms with Gasteiger partial charge in [0, 0.05) is 4.88 Å². The summed E-state index contributed by atoms with van der Waals surface area (Å²) in [5.41, 5.74) is 6.44. The van der Waals surface area contributed by atoms with E-state index in [9.17, 15) is 4.79 Å². The van der Waals surface area contributed by atoms with E-state index >= 15 is 0 Å². The van der Waals surface area contributed by atoms with E-state index in [1.54, 1.807) is 11.3 Å². The molecule has 2 rings (SSSR count). The third-order valence-electron chi connectivity index (χ3n) is 2.51. The molecule has 0 unspecified atom stereocenters. The normalized spacial score (nSPS) is 14.7. The number of fused-ring (bicyclic) bond motifs is 1.